The van der Waals surface area contributed by atoms with Crippen LogP contribution >= 0.6 is 0 Å². The highest BCUT2D eigenvalue weighted by molar-refractivity contribution is 6.10. The fraction of sp³-hybridized carbons (Fsp3) is 0.526. The van der Waals surface area contributed by atoms with E-state index < -0.39 is 17.5 Å². The fourth-order valence-electron chi connectivity index (χ4n) is 3.72. The van der Waals surface area contributed by atoms with Crippen molar-refractivity contribution in [3.05, 3.63) is 24.3 Å². The predicted octanol–water partition coefficient (Wildman–Crippen LogP) is 1.18. The number of imide groups is 1. The smallest absolute Gasteiger partial charge is 0.325 e. The Balaban J connectivity index is 1.35. The summed E-state index contributed by atoms with van der Waals surface area (Å²) in [7, 11) is 0. The minimum absolute atomic E-state index is 0.176. The van der Waals surface area contributed by atoms with E-state index in [1.54, 1.807) is 6.92 Å². The van der Waals surface area contributed by atoms with E-state index in [1.807, 2.05) is 24.3 Å². The molecule has 2 saturated heterocycles. The summed E-state index contributed by atoms with van der Waals surface area (Å²) in [6, 6.07) is 7.04. The summed E-state index contributed by atoms with van der Waals surface area (Å²) >= 11 is 0. The number of amides is 4. The maximum Gasteiger partial charge on any atom is 0.325 e. The highest BCUT2D eigenvalue weighted by Crippen LogP contribution is 2.42. The SMILES string of the molecule is C[C@@]1(C2CC2)NC(=O)N(CC(=O)Nc2ccc(N3CCOCC3)cc2)C1=O. The Kier molecular flexibility index (Phi) is 4.51. The molecule has 144 valence electrons. The van der Waals surface area contributed by atoms with E-state index in [1.165, 1.54) is 0 Å². The number of nitrogens with zero attached hydrogens (tertiary/aromatic N) is 2. The standard InChI is InChI=1S/C19H24N4O4/c1-19(13-2-3-13)17(25)23(18(26)21-19)12-16(24)20-14-4-6-15(7-5-14)22-8-10-27-11-9-22/h4-7,13H,2-3,8-12H2,1H3,(H,20,24)(H,21,26)/t19-/m0/s1. The van der Waals surface area contributed by atoms with E-state index in [0.717, 1.165) is 36.5 Å². The Labute approximate surface area is 157 Å². The molecule has 1 saturated carbocycles. The average molecular weight is 372 g/mol. The summed E-state index contributed by atoms with van der Waals surface area (Å²) in [6.07, 6.45) is 1.86. The summed E-state index contributed by atoms with van der Waals surface area (Å²) < 4.78 is 5.35. The molecule has 1 aromatic carbocycles. The number of carbonyl (C=O) groups excluding carboxylic acids is 3. The van der Waals surface area contributed by atoms with Crippen LogP contribution in [0.1, 0.15) is 19.8 Å². The van der Waals surface area contributed by atoms with E-state index >= 15 is 0 Å². The number of urea groups is 1. The number of ether oxygens (including phenoxy) is 1. The summed E-state index contributed by atoms with van der Waals surface area (Å²) in [5.74, 6) is -0.528. The molecule has 4 rings (SSSR count). The largest absolute Gasteiger partial charge is 0.378 e. The maximum atomic E-state index is 12.6. The van der Waals surface area contributed by atoms with Crippen LogP contribution in [0.15, 0.2) is 24.3 Å². The molecule has 1 aliphatic carbocycles. The number of hydrogen-bond donors (Lipinski definition) is 2. The van der Waals surface area contributed by atoms with Crippen molar-refractivity contribution < 1.29 is 19.1 Å². The van der Waals surface area contributed by atoms with E-state index in [9.17, 15) is 14.4 Å². The first-order chi connectivity index (χ1) is 13.0. The molecule has 1 atom stereocenters. The molecule has 3 aliphatic rings. The quantitative estimate of drug-likeness (QED) is 0.758. The van der Waals surface area contributed by atoms with E-state index in [4.69, 9.17) is 4.74 Å². The molecule has 1 aromatic rings. The lowest BCUT2D eigenvalue weighted by Crippen LogP contribution is -2.46. The molecule has 8 nitrogen and oxygen atoms in total. The minimum Gasteiger partial charge on any atom is -0.378 e. The zero-order valence-electron chi connectivity index (χ0n) is 15.4. The van der Waals surface area contributed by atoms with Gasteiger partial charge < -0.3 is 20.3 Å². The van der Waals surface area contributed by atoms with Gasteiger partial charge in [-0.1, -0.05) is 0 Å². The van der Waals surface area contributed by atoms with Crippen LogP contribution in [0, 0.1) is 5.92 Å². The van der Waals surface area contributed by atoms with Crippen LogP contribution in [-0.4, -0.2) is 61.1 Å². The molecule has 2 aliphatic heterocycles. The number of rotatable bonds is 5. The molecular weight excluding hydrogens is 348 g/mol. The first kappa shape index (κ1) is 17.8. The molecule has 27 heavy (non-hydrogen) atoms. The molecule has 0 spiro atoms. The Morgan fingerprint density at radius 2 is 1.89 bits per heavy atom. The van der Waals surface area contributed by atoms with Gasteiger partial charge in [0, 0.05) is 24.5 Å². The lowest BCUT2D eigenvalue weighted by atomic mass is 9.96. The first-order valence-corrected chi connectivity index (χ1v) is 9.34. The van der Waals surface area contributed by atoms with Crippen LogP contribution in [0.4, 0.5) is 16.2 Å². The van der Waals surface area contributed by atoms with Gasteiger partial charge in [0.1, 0.15) is 12.1 Å². The molecule has 2 N–H and O–H groups in total. The van der Waals surface area contributed by atoms with Crippen molar-refractivity contribution in [2.75, 3.05) is 43.1 Å². The van der Waals surface area contributed by atoms with E-state index in [2.05, 4.69) is 15.5 Å². The second-order valence-corrected chi connectivity index (χ2v) is 7.49. The second-order valence-electron chi connectivity index (χ2n) is 7.49. The predicted molar refractivity (Wildman–Crippen MR) is 99.5 cm³/mol. The Morgan fingerprint density at radius 1 is 1.22 bits per heavy atom. The summed E-state index contributed by atoms with van der Waals surface area (Å²) in [4.78, 5) is 40.3. The van der Waals surface area contributed by atoms with Crippen molar-refractivity contribution in [1.82, 2.24) is 10.2 Å². The van der Waals surface area contributed by atoms with Crippen molar-refractivity contribution in [3.8, 4) is 0 Å². The van der Waals surface area contributed by atoms with Gasteiger partial charge in [-0.3, -0.25) is 14.5 Å². The van der Waals surface area contributed by atoms with Crippen LogP contribution in [0.5, 0.6) is 0 Å². The molecule has 4 amide bonds. The molecule has 0 radical (unpaired) electrons. The van der Waals surface area contributed by atoms with Gasteiger partial charge in [-0.15, -0.1) is 0 Å². The normalized spacial score (nSPS) is 25.5. The Morgan fingerprint density at radius 3 is 2.52 bits per heavy atom. The molecule has 0 bridgehead atoms. The molecule has 2 heterocycles. The van der Waals surface area contributed by atoms with Crippen LogP contribution in [0.25, 0.3) is 0 Å². The Bertz CT molecular complexity index is 755. The number of nitrogens with one attached hydrogen (secondary N) is 2. The van der Waals surface area contributed by atoms with Crippen molar-refractivity contribution in [2.45, 2.75) is 25.3 Å². The molecule has 0 unspecified atom stereocenters. The third-order valence-electron chi connectivity index (χ3n) is 5.52. The van der Waals surface area contributed by atoms with Gasteiger partial charge in [-0.05, 0) is 49.9 Å². The molecule has 3 fully saturated rings. The van der Waals surface area contributed by atoms with Crippen molar-refractivity contribution in [1.29, 1.82) is 0 Å². The van der Waals surface area contributed by atoms with Crippen molar-refractivity contribution in [2.24, 2.45) is 5.92 Å². The van der Waals surface area contributed by atoms with Crippen molar-refractivity contribution in [3.63, 3.8) is 0 Å². The Hall–Kier alpha value is -2.61. The van der Waals surface area contributed by atoms with Gasteiger partial charge in [-0.25, -0.2) is 4.79 Å². The van der Waals surface area contributed by atoms with E-state index in [-0.39, 0.29) is 18.4 Å². The van der Waals surface area contributed by atoms with E-state index in [0.29, 0.717) is 18.9 Å². The van der Waals surface area contributed by atoms with Gasteiger partial charge in [0.2, 0.25) is 5.91 Å². The highest BCUT2D eigenvalue weighted by atomic mass is 16.5. The zero-order valence-corrected chi connectivity index (χ0v) is 15.4. The summed E-state index contributed by atoms with van der Waals surface area (Å²) in [6.45, 7) is 4.58. The molecule has 8 heteroatoms. The second kappa shape index (κ2) is 6.84. The number of anilines is 2. The third kappa shape index (κ3) is 3.49. The number of hydrogen-bond acceptors (Lipinski definition) is 5. The fourth-order valence-corrected chi connectivity index (χ4v) is 3.72. The van der Waals surface area contributed by atoms with Gasteiger partial charge in [-0.2, -0.15) is 0 Å². The van der Waals surface area contributed by atoms with Gasteiger partial charge in [0.15, 0.2) is 0 Å². The zero-order chi connectivity index (χ0) is 19.0. The maximum absolute atomic E-state index is 12.6. The molecule has 0 aromatic heterocycles. The van der Waals surface area contributed by atoms with Crippen molar-refractivity contribution >= 4 is 29.2 Å². The minimum atomic E-state index is -0.864. The van der Waals surface area contributed by atoms with Gasteiger partial charge >= 0.3 is 6.03 Å². The van der Waals surface area contributed by atoms with Crippen LogP contribution in [0.2, 0.25) is 0 Å². The number of benzene rings is 1. The van der Waals surface area contributed by atoms with Gasteiger partial charge in [0.05, 0.1) is 13.2 Å². The lowest BCUT2D eigenvalue weighted by molar-refractivity contribution is -0.134. The third-order valence-corrected chi connectivity index (χ3v) is 5.52. The van der Waals surface area contributed by atoms with Gasteiger partial charge in [0.25, 0.3) is 5.91 Å². The summed E-state index contributed by atoms with van der Waals surface area (Å²) in [5, 5.41) is 5.50. The first-order valence-electron chi connectivity index (χ1n) is 9.34. The summed E-state index contributed by atoms with van der Waals surface area (Å²) in [5.41, 5.74) is 0.844. The number of carbonyl (C=O) groups is 3. The van der Waals surface area contributed by atoms with Crippen LogP contribution in [0.3, 0.4) is 0 Å². The highest BCUT2D eigenvalue weighted by Gasteiger charge is 2.56. The number of morpholine rings is 1. The molecular formula is C19H24N4O4. The van der Waals surface area contributed by atoms with Crippen LogP contribution in [-0.2, 0) is 14.3 Å². The monoisotopic (exact) mass is 372 g/mol. The van der Waals surface area contributed by atoms with Crippen LogP contribution < -0.4 is 15.5 Å². The topological polar surface area (TPSA) is 91.0 Å². The lowest BCUT2D eigenvalue weighted by Gasteiger charge is -2.28. The average Bonchev–Trinajstić information content (AvgIpc) is 3.49.